The molecule has 0 aliphatic carbocycles. The minimum absolute atomic E-state index is 0.274. The van der Waals surface area contributed by atoms with Crippen molar-refractivity contribution in [1.29, 1.82) is 0 Å². The Bertz CT molecular complexity index is 935. The molecule has 2 aromatic carbocycles. The van der Waals surface area contributed by atoms with E-state index in [0.717, 1.165) is 5.56 Å². The topological polar surface area (TPSA) is 65.1 Å². The number of ether oxygens (including phenoxy) is 3. The lowest BCUT2D eigenvalue weighted by atomic mass is 10.0. The highest BCUT2D eigenvalue weighted by Crippen LogP contribution is 2.40. The average Bonchev–Trinajstić information content (AvgIpc) is 2.72. The molecule has 0 saturated carbocycles. The number of fused-ring (bicyclic) bond motifs is 1. The molecule has 0 saturated heterocycles. The van der Waals surface area contributed by atoms with Crippen LogP contribution in [-0.4, -0.2) is 32.1 Å². The molecular formula is C22H23NO5. The standard InChI is InChI=1S/C22H23NO5/c1-5-8-14-9-7-10-17-20(14)28-18(6-2)22(25)23(17)21(24)16-12-11-15(26-3)13-19(16)27-4/h5,7-13,18H,6H2,1-4H3/b8-5-. The van der Waals surface area contributed by atoms with Crippen molar-refractivity contribution in [1.82, 2.24) is 0 Å². The molecule has 0 fully saturated rings. The molecule has 3 rings (SSSR count). The number of para-hydroxylation sites is 1. The summed E-state index contributed by atoms with van der Waals surface area (Å²) >= 11 is 0. The van der Waals surface area contributed by atoms with E-state index in [2.05, 4.69) is 0 Å². The molecule has 0 spiro atoms. The second-order valence-corrected chi connectivity index (χ2v) is 6.26. The van der Waals surface area contributed by atoms with Gasteiger partial charge in [-0.3, -0.25) is 9.59 Å². The van der Waals surface area contributed by atoms with Gasteiger partial charge in [0, 0.05) is 11.6 Å². The monoisotopic (exact) mass is 381 g/mol. The Hall–Kier alpha value is -3.28. The summed E-state index contributed by atoms with van der Waals surface area (Å²) in [6.45, 7) is 3.75. The zero-order valence-electron chi connectivity index (χ0n) is 16.4. The van der Waals surface area contributed by atoms with Gasteiger partial charge >= 0.3 is 0 Å². The molecule has 1 atom stereocenters. The van der Waals surface area contributed by atoms with E-state index in [1.807, 2.05) is 32.1 Å². The number of benzene rings is 2. The minimum atomic E-state index is -0.730. The van der Waals surface area contributed by atoms with Gasteiger partial charge in [-0.2, -0.15) is 0 Å². The van der Waals surface area contributed by atoms with Crippen LogP contribution >= 0.6 is 0 Å². The van der Waals surface area contributed by atoms with Gasteiger partial charge in [-0.1, -0.05) is 31.2 Å². The summed E-state index contributed by atoms with van der Waals surface area (Å²) in [6, 6.07) is 10.3. The predicted molar refractivity (Wildman–Crippen MR) is 107 cm³/mol. The molecule has 0 bridgehead atoms. The second kappa shape index (κ2) is 8.17. The molecule has 1 heterocycles. The fraction of sp³-hybridized carbons (Fsp3) is 0.273. The maximum atomic E-state index is 13.4. The smallest absolute Gasteiger partial charge is 0.275 e. The van der Waals surface area contributed by atoms with E-state index in [1.165, 1.54) is 19.1 Å². The molecule has 1 aliphatic heterocycles. The van der Waals surface area contributed by atoms with Crippen LogP contribution in [-0.2, 0) is 4.79 Å². The first kappa shape index (κ1) is 19.5. The van der Waals surface area contributed by atoms with Crippen LogP contribution in [0.25, 0.3) is 6.08 Å². The van der Waals surface area contributed by atoms with E-state index in [-0.39, 0.29) is 5.56 Å². The molecule has 2 amide bonds. The first-order chi connectivity index (χ1) is 13.5. The van der Waals surface area contributed by atoms with Gasteiger partial charge in [-0.15, -0.1) is 0 Å². The number of imide groups is 1. The molecule has 6 heteroatoms. The van der Waals surface area contributed by atoms with Crippen LogP contribution in [0, 0.1) is 0 Å². The van der Waals surface area contributed by atoms with Crippen molar-refractivity contribution >= 4 is 23.6 Å². The summed E-state index contributed by atoms with van der Waals surface area (Å²) < 4.78 is 16.5. The molecule has 1 aliphatic rings. The maximum Gasteiger partial charge on any atom is 0.275 e. The quantitative estimate of drug-likeness (QED) is 0.730. The summed E-state index contributed by atoms with van der Waals surface area (Å²) in [4.78, 5) is 27.6. The van der Waals surface area contributed by atoms with Crippen molar-refractivity contribution in [3.05, 3.63) is 53.6 Å². The predicted octanol–water partition coefficient (Wildman–Crippen LogP) is 4.08. The highest BCUT2D eigenvalue weighted by atomic mass is 16.5. The number of hydrogen-bond acceptors (Lipinski definition) is 5. The lowest BCUT2D eigenvalue weighted by Gasteiger charge is -2.33. The van der Waals surface area contributed by atoms with Gasteiger partial charge in [0.2, 0.25) is 0 Å². The van der Waals surface area contributed by atoms with E-state index in [0.29, 0.717) is 29.4 Å². The fourth-order valence-electron chi connectivity index (χ4n) is 3.18. The number of carbonyl (C=O) groups excluding carboxylic acids is 2. The molecule has 28 heavy (non-hydrogen) atoms. The van der Waals surface area contributed by atoms with Crippen LogP contribution in [0.2, 0.25) is 0 Å². The molecule has 0 N–H and O–H groups in total. The second-order valence-electron chi connectivity index (χ2n) is 6.26. The number of carbonyl (C=O) groups is 2. The largest absolute Gasteiger partial charge is 0.497 e. The zero-order valence-corrected chi connectivity index (χ0v) is 16.4. The van der Waals surface area contributed by atoms with Gasteiger partial charge < -0.3 is 14.2 Å². The third-order valence-corrected chi connectivity index (χ3v) is 4.58. The molecule has 0 aromatic heterocycles. The van der Waals surface area contributed by atoms with Gasteiger partial charge in [-0.05, 0) is 31.5 Å². The Labute approximate surface area is 164 Å². The van der Waals surface area contributed by atoms with Crippen molar-refractivity contribution in [3.63, 3.8) is 0 Å². The number of rotatable bonds is 5. The third kappa shape index (κ3) is 3.33. The Kier molecular flexibility index (Phi) is 5.68. The van der Waals surface area contributed by atoms with Crippen LogP contribution in [0.5, 0.6) is 17.2 Å². The average molecular weight is 381 g/mol. The molecule has 2 aromatic rings. The Morgan fingerprint density at radius 1 is 1.21 bits per heavy atom. The number of methoxy groups -OCH3 is 2. The van der Waals surface area contributed by atoms with Crippen LogP contribution < -0.4 is 19.1 Å². The normalized spacial score (nSPS) is 15.9. The summed E-state index contributed by atoms with van der Waals surface area (Å²) in [5, 5.41) is 0. The van der Waals surface area contributed by atoms with E-state index in [9.17, 15) is 9.59 Å². The van der Waals surface area contributed by atoms with E-state index in [1.54, 1.807) is 30.3 Å². The number of hydrogen-bond donors (Lipinski definition) is 0. The molecule has 1 unspecified atom stereocenters. The van der Waals surface area contributed by atoms with Gasteiger partial charge in [0.25, 0.3) is 11.8 Å². The number of amides is 2. The van der Waals surface area contributed by atoms with Crippen LogP contribution in [0.4, 0.5) is 5.69 Å². The van der Waals surface area contributed by atoms with Crippen molar-refractivity contribution < 1.29 is 23.8 Å². The molecule has 146 valence electrons. The van der Waals surface area contributed by atoms with Gasteiger partial charge in [0.15, 0.2) is 11.9 Å². The Balaban J connectivity index is 2.14. The van der Waals surface area contributed by atoms with Crippen molar-refractivity contribution in [3.8, 4) is 17.2 Å². The number of nitrogens with zero attached hydrogens (tertiary/aromatic N) is 1. The van der Waals surface area contributed by atoms with Crippen molar-refractivity contribution in [2.45, 2.75) is 26.4 Å². The maximum absolute atomic E-state index is 13.4. The number of allylic oxidation sites excluding steroid dienone is 1. The summed E-state index contributed by atoms with van der Waals surface area (Å²) in [5.41, 5.74) is 1.51. The summed E-state index contributed by atoms with van der Waals surface area (Å²) in [7, 11) is 3.01. The van der Waals surface area contributed by atoms with Crippen molar-refractivity contribution in [2.75, 3.05) is 19.1 Å². The van der Waals surface area contributed by atoms with Gasteiger partial charge in [0.05, 0.1) is 25.5 Å². The SMILES string of the molecule is C/C=C\c1cccc2c1OC(CC)C(=O)N2C(=O)c1ccc(OC)cc1OC. The number of anilines is 1. The highest BCUT2D eigenvalue weighted by Gasteiger charge is 2.39. The Morgan fingerprint density at radius 2 is 2.00 bits per heavy atom. The van der Waals surface area contributed by atoms with E-state index in [4.69, 9.17) is 14.2 Å². The van der Waals surface area contributed by atoms with Crippen molar-refractivity contribution in [2.24, 2.45) is 0 Å². The lowest BCUT2D eigenvalue weighted by molar-refractivity contribution is -0.125. The minimum Gasteiger partial charge on any atom is -0.497 e. The Morgan fingerprint density at radius 3 is 2.64 bits per heavy atom. The van der Waals surface area contributed by atoms with Crippen LogP contribution in [0.1, 0.15) is 36.2 Å². The molecule has 0 radical (unpaired) electrons. The van der Waals surface area contributed by atoms with Gasteiger partial charge in [-0.25, -0.2) is 4.90 Å². The van der Waals surface area contributed by atoms with E-state index >= 15 is 0 Å². The molecule has 6 nitrogen and oxygen atoms in total. The van der Waals surface area contributed by atoms with Crippen LogP contribution in [0.3, 0.4) is 0 Å². The summed E-state index contributed by atoms with van der Waals surface area (Å²) in [6.07, 6.45) is 3.49. The fourth-order valence-corrected chi connectivity index (χ4v) is 3.18. The summed E-state index contributed by atoms with van der Waals surface area (Å²) in [5.74, 6) is 0.556. The first-order valence-electron chi connectivity index (χ1n) is 9.08. The van der Waals surface area contributed by atoms with Gasteiger partial charge in [0.1, 0.15) is 11.5 Å². The van der Waals surface area contributed by atoms with Crippen LogP contribution in [0.15, 0.2) is 42.5 Å². The molecular weight excluding hydrogens is 358 g/mol. The van der Waals surface area contributed by atoms with E-state index < -0.39 is 17.9 Å². The third-order valence-electron chi connectivity index (χ3n) is 4.58. The first-order valence-corrected chi connectivity index (χ1v) is 9.08. The zero-order chi connectivity index (χ0) is 20.3. The highest BCUT2D eigenvalue weighted by molar-refractivity contribution is 6.24. The lowest BCUT2D eigenvalue weighted by Crippen LogP contribution is -2.49.